The molecule has 0 fully saturated rings. The van der Waals surface area contributed by atoms with E-state index < -0.39 is 10.0 Å². The highest BCUT2D eigenvalue weighted by atomic mass is 32.2. The van der Waals surface area contributed by atoms with Crippen LogP contribution in [0.2, 0.25) is 0 Å². The first-order chi connectivity index (χ1) is 11.8. The van der Waals surface area contributed by atoms with Crippen molar-refractivity contribution >= 4 is 27.1 Å². The van der Waals surface area contributed by atoms with Crippen molar-refractivity contribution in [1.82, 2.24) is 29.9 Å². The summed E-state index contributed by atoms with van der Waals surface area (Å²) in [5.74, 6) is 0. The summed E-state index contributed by atoms with van der Waals surface area (Å²) in [6.45, 7) is 4.75. The lowest BCUT2D eigenvalue weighted by Crippen LogP contribution is -2.41. The summed E-state index contributed by atoms with van der Waals surface area (Å²) >= 11 is 0. The molecule has 1 aromatic carbocycles. The Balaban J connectivity index is 2.05. The summed E-state index contributed by atoms with van der Waals surface area (Å²) in [4.78, 5) is 11.9. The number of nitrogens with zero attached hydrogens (tertiary/aromatic N) is 4. The van der Waals surface area contributed by atoms with Crippen LogP contribution in [0.5, 0.6) is 0 Å². The lowest BCUT2D eigenvalue weighted by Gasteiger charge is -2.12. The largest absolute Gasteiger partial charge is 0.336 e. The van der Waals surface area contributed by atoms with Crippen LogP contribution < -0.4 is 10.6 Å². The van der Waals surface area contributed by atoms with Crippen molar-refractivity contribution in [3.05, 3.63) is 18.2 Å². The molecule has 2 rings (SSSR count). The number of fused-ring (bicyclic) bond motifs is 1. The summed E-state index contributed by atoms with van der Waals surface area (Å²) < 4.78 is 27.1. The topological polar surface area (TPSA) is 109 Å². The highest BCUT2D eigenvalue weighted by Gasteiger charge is 2.18. The van der Waals surface area contributed by atoms with Crippen LogP contribution >= 0.6 is 0 Å². The fourth-order valence-electron chi connectivity index (χ4n) is 2.14. The smallest absolute Gasteiger partial charge is 0.315 e. The maximum atomic E-state index is 12.2. The van der Waals surface area contributed by atoms with Gasteiger partial charge >= 0.3 is 6.03 Å². The van der Waals surface area contributed by atoms with Gasteiger partial charge in [0.1, 0.15) is 5.52 Å². The lowest BCUT2D eigenvalue weighted by molar-refractivity contribution is 0.237. The molecule has 1 atom stereocenters. The molecule has 0 radical (unpaired) electrons. The van der Waals surface area contributed by atoms with E-state index in [1.807, 2.05) is 13.8 Å². The number of urea groups is 1. The molecule has 9 nitrogen and oxygen atoms in total. The van der Waals surface area contributed by atoms with Gasteiger partial charge in [-0.2, -0.15) is 0 Å². The first kappa shape index (κ1) is 19.1. The molecule has 1 aromatic heterocycles. The van der Waals surface area contributed by atoms with Crippen molar-refractivity contribution in [2.75, 3.05) is 20.6 Å². The van der Waals surface area contributed by atoms with E-state index in [0.29, 0.717) is 24.1 Å². The van der Waals surface area contributed by atoms with Crippen molar-refractivity contribution < 1.29 is 13.2 Å². The second-order valence-electron chi connectivity index (χ2n) is 5.96. The number of rotatable bonds is 7. The van der Waals surface area contributed by atoms with E-state index in [4.69, 9.17) is 0 Å². The van der Waals surface area contributed by atoms with Gasteiger partial charge in [-0.25, -0.2) is 22.2 Å². The lowest BCUT2D eigenvalue weighted by atomic mass is 10.3. The third-order valence-corrected chi connectivity index (χ3v) is 5.67. The molecule has 0 saturated heterocycles. The monoisotopic (exact) mass is 368 g/mol. The number of carbonyl (C=O) groups excluding carboxylic acids is 1. The molecule has 2 amide bonds. The van der Waals surface area contributed by atoms with Crippen molar-refractivity contribution in [1.29, 1.82) is 0 Å². The maximum Gasteiger partial charge on any atom is 0.315 e. The Hall–Kier alpha value is -2.20. The van der Waals surface area contributed by atoms with Crippen LogP contribution in [-0.4, -0.2) is 60.4 Å². The Kier molecular flexibility index (Phi) is 5.96. The van der Waals surface area contributed by atoms with Crippen LogP contribution in [0, 0.1) is 0 Å². The maximum absolute atomic E-state index is 12.2. The number of amides is 2. The summed E-state index contributed by atoms with van der Waals surface area (Å²) in [7, 11) is -0.553. The third kappa shape index (κ3) is 4.45. The zero-order valence-electron chi connectivity index (χ0n) is 14.9. The average Bonchev–Trinajstić information content (AvgIpc) is 2.97. The third-order valence-electron chi connectivity index (χ3n) is 3.86. The average molecular weight is 368 g/mol. The quantitative estimate of drug-likeness (QED) is 0.750. The van der Waals surface area contributed by atoms with Gasteiger partial charge in [0.05, 0.1) is 17.0 Å². The van der Waals surface area contributed by atoms with Gasteiger partial charge < -0.3 is 10.6 Å². The first-order valence-corrected chi connectivity index (χ1v) is 9.50. The molecule has 25 heavy (non-hydrogen) atoms. The fourth-order valence-corrected chi connectivity index (χ4v) is 3.06. The Labute approximate surface area is 147 Å². The van der Waals surface area contributed by atoms with E-state index in [1.54, 1.807) is 10.7 Å². The van der Waals surface area contributed by atoms with Crippen LogP contribution in [0.3, 0.4) is 0 Å². The molecule has 0 saturated carbocycles. The van der Waals surface area contributed by atoms with Gasteiger partial charge in [0, 0.05) is 26.7 Å². The van der Waals surface area contributed by atoms with Gasteiger partial charge in [-0.05, 0) is 31.5 Å². The number of hydrogen-bond donors (Lipinski definition) is 2. The Morgan fingerprint density at radius 2 is 2.08 bits per heavy atom. The minimum atomic E-state index is -3.51. The molecule has 1 heterocycles. The standard InChI is InChI=1S/C15H24N6O3S/c1-5-11(2)17-15(22)16-8-9-21-14-7-6-12(10-13(14)18-19-21)25(23,24)20(3)4/h6-7,10-11H,5,8-9H2,1-4H3,(H2,16,17,22). The van der Waals surface area contributed by atoms with E-state index in [1.165, 1.54) is 26.2 Å². The number of aromatic nitrogens is 3. The van der Waals surface area contributed by atoms with Crippen LogP contribution in [0.15, 0.2) is 23.1 Å². The molecule has 0 aliphatic carbocycles. The van der Waals surface area contributed by atoms with Crippen LogP contribution in [0.4, 0.5) is 4.79 Å². The van der Waals surface area contributed by atoms with Crippen LogP contribution in [0.25, 0.3) is 11.0 Å². The van der Waals surface area contributed by atoms with Crippen molar-refractivity contribution in [2.24, 2.45) is 0 Å². The molecule has 10 heteroatoms. The van der Waals surface area contributed by atoms with Gasteiger partial charge in [0.2, 0.25) is 10.0 Å². The summed E-state index contributed by atoms with van der Waals surface area (Å²) in [5.41, 5.74) is 1.20. The Morgan fingerprint density at radius 3 is 2.72 bits per heavy atom. The minimum Gasteiger partial charge on any atom is -0.336 e. The van der Waals surface area contributed by atoms with Crippen molar-refractivity contribution in [3.63, 3.8) is 0 Å². The number of hydrogen-bond acceptors (Lipinski definition) is 5. The van der Waals surface area contributed by atoms with Crippen LogP contribution in [-0.2, 0) is 16.6 Å². The van der Waals surface area contributed by atoms with Gasteiger partial charge in [-0.1, -0.05) is 12.1 Å². The number of sulfonamides is 1. The predicted molar refractivity (Wildman–Crippen MR) is 94.7 cm³/mol. The fraction of sp³-hybridized carbons (Fsp3) is 0.533. The van der Waals surface area contributed by atoms with Gasteiger partial charge in [-0.3, -0.25) is 0 Å². The minimum absolute atomic E-state index is 0.115. The second-order valence-corrected chi connectivity index (χ2v) is 8.11. The molecular weight excluding hydrogens is 344 g/mol. The molecule has 1 unspecified atom stereocenters. The van der Waals surface area contributed by atoms with Gasteiger partial charge in [0.15, 0.2) is 0 Å². The molecule has 2 N–H and O–H groups in total. The molecule has 0 aliphatic rings. The van der Waals surface area contributed by atoms with E-state index in [9.17, 15) is 13.2 Å². The zero-order chi connectivity index (χ0) is 18.6. The molecule has 0 spiro atoms. The van der Waals surface area contributed by atoms with E-state index >= 15 is 0 Å². The SMILES string of the molecule is CCC(C)NC(=O)NCCn1nnc2cc(S(=O)(=O)N(C)C)ccc21. The van der Waals surface area contributed by atoms with Crippen LogP contribution in [0.1, 0.15) is 20.3 Å². The van der Waals surface area contributed by atoms with Gasteiger partial charge in [-0.15, -0.1) is 5.10 Å². The highest BCUT2D eigenvalue weighted by Crippen LogP contribution is 2.19. The number of benzene rings is 1. The summed E-state index contributed by atoms with van der Waals surface area (Å²) in [6, 6.07) is 4.59. The summed E-state index contributed by atoms with van der Waals surface area (Å²) in [6.07, 6.45) is 0.860. The first-order valence-electron chi connectivity index (χ1n) is 8.05. The van der Waals surface area contributed by atoms with E-state index in [0.717, 1.165) is 10.7 Å². The van der Waals surface area contributed by atoms with Gasteiger partial charge in [0.25, 0.3) is 0 Å². The molecule has 138 valence electrons. The zero-order valence-corrected chi connectivity index (χ0v) is 15.7. The molecule has 2 aromatic rings. The molecular formula is C15H24N6O3S. The highest BCUT2D eigenvalue weighted by molar-refractivity contribution is 7.89. The molecule has 0 bridgehead atoms. The second kappa shape index (κ2) is 7.79. The number of nitrogens with one attached hydrogen (secondary N) is 2. The summed E-state index contributed by atoms with van der Waals surface area (Å²) in [5, 5.41) is 13.6. The Bertz CT molecular complexity index is 846. The molecule has 0 aliphatic heterocycles. The van der Waals surface area contributed by atoms with Crippen molar-refractivity contribution in [2.45, 2.75) is 37.8 Å². The van der Waals surface area contributed by atoms with Crippen molar-refractivity contribution in [3.8, 4) is 0 Å². The predicted octanol–water partition coefficient (Wildman–Crippen LogP) is 0.779. The number of carbonyl (C=O) groups is 1. The van der Waals surface area contributed by atoms with E-state index in [-0.39, 0.29) is 17.0 Å². The normalized spacial score (nSPS) is 13.2. The van der Waals surface area contributed by atoms with E-state index in [2.05, 4.69) is 20.9 Å². The Morgan fingerprint density at radius 1 is 1.36 bits per heavy atom.